The standard InChI is InChI=1S/C17H9ClF3N5/c18-14-5-4-11(9-23-14)26-15-13(7-10(8-24-15)17(19,20)21)25-16(26)12-3-1-2-6-22-12/h1-9H. The van der Waals surface area contributed by atoms with Crippen LogP contribution in [0.15, 0.2) is 55.0 Å². The van der Waals surface area contributed by atoms with Crippen molar-refractivity contribution in [2.75, 3.05) is 0 Å². The Morgan fingerprint density at radius 3 is 2.46 bits per heavy atom. The highest BCUT2D eigenvalue weighted by Gasteiger charge is 2.32. The fourth-order valence-electron chi connectivity index (χ4n) is 2.53. The molecule has 4 rings (SSSR count). The zero-order valence-corrected chi connectivity index (χ0v) is 13.7. The van der Waals surface area contributed by atoms with E-state index in [0.717, 1.165) is 12.3 Å². The van der Waals surface area contributed by atoms with Gasteiger partial charge in [0.15, 0.2) is 11.5 Å². The number of aromatic nitrogens is 5. The Kier molecular flexibility index (Phi) is 3.84. The maximum Gasteiger partial charge on any atom is 0.417 e. The monoisotopic (exact) mass is 375 g/mol. The largest absolute Gasteiger partial charge is 0.417 e. The SMILES string of the molecule is FC(F)(F)c1cnc2c(c1)nc(-c1ccccn1)n2-c1ccc(Cl)nc1. The Morgan fingerprint density at radius 1 is 0.962 bits per heavy atom. The summed E-state index contributed by atoms with van der Waals surface area (Å²) in [7, 11) is 0. The molecule has 4 aromatic rings. The molecule has 0 spiro atoms. The molecule has 0 fully saturated rings. The second-order valence-corrected chi connectivity index (χ2v) is 5.78. The van der Waals surface area contributed by atoms with Gasteiger partial charge in [-0.05, 0) is 30.3 Å². The van der Waals surface area contributed by atoms with Crippen LogP contribution in [-0.2, 0) is 6.18 Å². The maximum atomic E-state index is 13.0. The Bertz CT molecular complexity index is 1080. The van der Waals surface area contributed by atoms with Gasteiger partial charge in [-0.2, -0.15) is 13.2 Å². The number of alkyl halides is 3. The van der Waals surface area contributed by atoms with Gasteiger partial charge in [0.25, 0.3) is 0 Å². The fourth-order valence-corrected chi connectivity index (χ4v) is 2.64. The smallest absolute Gasteiger partial charge is 0.274 e. The molecule has 0 bridgehead atoms. The highest BCUT2D eigenvalue weighted by molar-refractivity contribution is 6.29. The van der Waals surface area contributed by atoms with Gasteiger partial charge >= 0.3 is 6.18 Å². The van der Waals surface area contributed by atoms with Crippen molar-refractivity contribution in [2.24, 2.45) is 0 Å². The summed E-state index contributed by atoms with van der Waals surface area (Å²) >= 11 is 5.83. The number of nitrogens with zero attached hydrogens (tertiary/aromatic N) is 5. The quantitative estimate of drug-likeness (QED) is 0.482. The lowest BCUT2D eigenvalue weighted by molar-refractivity contribution is -0.137. The summed E-state index contributed by atoms with van der Waals surface area (Å²) in [6.45, 7) is 0. The number of imidazole rings is 1. The number of hydrogen-bond acceptors (Lipinski definition) is 4. The van der Waals surface area contributed by atoms with Gasteiger partial charge in [-0.25, -0.2) is 15.0 Å². The predicted octanol–water partition coefficient (Wildman–Crippen LogP) is 4.55. The molecule has 130 valence electrons. The van der Waals surface area contributed by atoms with Crippen LogP contribution in [0, 0.1) is 0 Å². The molecule has 4 aromatic heterocycles. The van der Waals surface area contributed by atoms with E-state index in [9.17, 15) is 13.2 Å². The van der Waals surface area contributed by atoms with Crippen LogP contribution in [-0.4, -0.2) is 24.5 Å². The van der Waals surface area contributed by atoms with E-state index in [4.69, 9.17) is 11.6 Å². The van der Waals surface area contributed by atoms with Crippen molar-refractivity contribution in [3.8, 4) is 17.2 Å². The molecule has 0 aliphatic rings. The lowest BCUT2D eigenvalue weighted by Gasteiger charge is -2.08. The molecule has 26 heavy (non-hydrogen) atoms. The first-order valence-corrected chi connectivity index (χ1v) is 7.80. The maximum absolute atomic E-state index is 13.0. The van der Waals surface area contributed by atoms with Crippen molar-refractivity contribution < 1.29 is 13.2 Å². The van der Waals surface area contributed by atoms with E-state index < -0.39 is 11.7 Å². The molecule has 0 radical (unpaired) electrons. The first kappa shape index (κ1) is 16.5. The lowest BCUT2D eigenvalue weighted by Crippen LogP contribution is -2.06. The van der Waals surface area contributed by atoms with Crippen molar-refractivity contribution in [1.29, 1.82) is 0 Å². The fraction of sp³-hybridized carbons (Fsp3) is 0.0588. The average Bonchev–Trinajstić information content (AvgIpc) is 3.01. The Morgan fingerprint density at radius 2 is 1.81 bits per heavy atom. The molecule has 0 saturated carbocycles. The summed E-state index contributed by atoms with van der Waals surface area (Å²) in [6, 6.07) is 9.44. The number of hydrogen-bond donors (Lipinski definition) is 0. The van der Waals surface area contributed by atoms with Crippen molar-refractivity contribution in [3.05, 3.63) is 65.7 Å². The highest BCUT2D eigenvalue weighted by Crippen LogP contribution is 2.32. The molecule has 0 unspecified atom stereocenters. The average molecular weight is 376 g/mol. The van der Waals surface area contributed by atoms with E-state index in [1.807, 2.05) is 0 Å². The van der Waals surface area contributed by atoms with Crippen molar-refractivity contribution in [2.45, 2.75) is 6.18 Å². The first-order chi connectivity index (χ1) is 12.4. The highest BCUT2D eigenvalue weighted by atomic mass is 35.5. The summed E-state index contributed by atoms with van der Waals surface area (Å²) in [5, 5.41) is 0.296. The van der Waals surface area contributed by atoms with E-state index in [1.165, 1.54) is 6.20 Å². The number of halogens is 4. The topological polar surface area (TPSA) is 56.5 Å². The Hall–Kier alpha value is -3.00. The van der Waals surface area contributed by atoms with Crippen molar-refractivity contribution in [1.82, 2.24) is 24.5 Å². The predicted molar refractivity (Wildman–Crippen MR) is 89.9 cm³/mol. The van der Waals surface area contributed by atoms with Crippen LogP contribution in [0.25, 0.3) is 28.4 Å². The summed E-state index contributed by atoms with van der Waals surface area (Å²) in [6.07, 6.45) is -0.646. The number of pyridine rings is 3. The van der Waals surface area contributed by atoms with Gasteiger partial charge in [0.05, 0.1) is 17.4 Å². The molecule has 0 amide bonds. The van der Waals surface area contributed by atoms with Crippen LogP contribution >= 0.6 is 11.6 Å². The van der Waals surface area contributed by atoms with E-state index in [-0.39, 0.29) is 11.2 Å². The van der Waals surface area contributed by atoms with E-state index in [0.29, 0.717) is 22.4 Å². The van der Waals surface area contributed by atoms with Crippen LogP contribution < -0.4 is 0 Å². The molecule has 4 heterocycles. The molecule has 9 heteroatoms. The zero-order valence-electron chi connectivity index (χ0n) is 12.9. The summed E-state index contributed by atoms with van der Waals surface area (Å²) in [5.41, 5.74) is 0.563. The molecule has 0 aromatic carbocycles. The number of fused-ring (bicyclic) bond motifs is 1. The summed E-state index contributed by atoms with van der Waals surface area (Å²) in [4.78, 5) is 16.6. The second-order valence-electron chi connectivity index (χ2n) is 5.39. The minimum Gasteiger partial charge on any atom is -0.274 e. The van der Waals surface area contributed by atoms with Crippen LogP contribution in [0.3, 0.4) is 0 Å². The van der Waals surface area contributed by atoms with E-state index in [2.05, 4.69) is 19.9 Å². The van der Waals surface area contributed by atoms with Crippen LogP contribution in [0.1, 0.15) is 5.56 Å². The zero-order chi connectivity index (χ0) is 18.3. The number of rotatable bonds is 2. The van der Waals surface area contributed by atoms with Gasteiger partial charge in [0, 0.05) is 12.4 Å². The molecule has 0 N–H and O–H groups in total. The van der Waals surface area contributed by atoms with Crippen molar-refractivity contribution >= 4 is 22.8 Å². The van der Waals surface area contributed by atoms with Gasteiger partial charge in [0.2, 0.25) is 0 Å². The minimum absolute atomic E-state index is 0.107. The summed E-state index contributed by atoms with van der Waals surface area (Å²) < 4.78 is 40.6. The molecular formula is C17H9ClF3N5. The van der Waals surface area contributed by atoms with Crippen LogP contribution in [0.5, 0.6) is 0 Å². The normalized spacial score (nSPS) is 11.8. The molecule has 0 saturated heterocycles. The van der Waals surface area contributed by atoms with E-state index >= 15 is 0 Å². The van der Waals surface area contributed by atoms with Crippen molar-refractivity contribution in [3.63, 3.8) is 0 Å². The van der Waals surface area contributed by atoms with E-state index in [1.54, 1.807) is 41.1 Å². The second kappa shape index (κ2) is 6.06. The summed E-state index contributed by atoms with van der Waals surface area (Å²) in [5.74, 6) is 0.358. The molecular weight excluding hydrogens is 367 g/mol. The third-order valence-electron chi connectivity index (χ3n) is 3.69. The van der Waals surface area contributed by atoms with Crippen LogP contribution in [0.2, 0.25) is 5.15 Å². The van der Waals surface area contributed by atoms with Gasteiger partial charge in [0.1, 0.15) is 16.4 Å². The van der Waals surface area contributed by atoms with Gasteiger partial charge in [-0.15, -0.1) is 0 Å². The molecule has 0 aliphatic carbocycles. The molecule has 5 nitrogen and oxygen atoms in total. The van der Waals surface area contributed by atoms with Gasteiger partial charge < -0.3 is 0 Å². The Balaban J connectivity index is 2.01. The van der Waals surface area contributed by atoms with Crippen LogP contribution in [0.4, 0.5) is 13.2 Å². The lowest BCUT2D eigenvalue weighted by atomic mass is 10.2. The molecule has 0 atom stereocenters. The Labute approximate surface area is 150 Å². The minimum atomic E-state index is -4.50. The molecule has 0 aliphatic heterocycles. The third kappa shape index (κ3) is 2.88. The third-order valence-corrected chi connectivity index (χ3v) is 3.91. The first-order valence-electron chi connectivity index (χ1n) is 7.42. The van der Waals surface area contributed by atoms with Gasteiger partial charge in [-0.1, -0.05) is 17.7 Å². The van der Waals surface area contributed by atoms with Gasteiger partial charge in [-0.3, -0.25) is 9.55 Å².